The zero-order valence-electron chi connectivity index (χ0n) is 14.0. The number of nitro groups is 1. The molecule has 2 aromatic rings. The van der Waals surface area contributed by atoms with Crippen LogP contribution in [0.4, 0.5) is 24.7 Å². The van der Waals surface area contributed by atoms with Crippen LogP contribution in [0.2, 0.25) is 0 Å². The lowest BCUT2D eigenvalue weighted by Crippen LogP contribution is -2.43. The lowest BCUT2D eigenvalue weighted by Gasteiger charge is -2.38. The molecule has 1 N–H and O–H groups in total. The van der Waals surface area contributed by atoms with Gasteiger partial charge in [-0.15, -0.1) is 13.2 Å². The fraction of sp³-hybridized carbons (Fsp3) is 0.353. The van der Waals surface area contributed by atoms with Crippen molar-refractivity contribution in [3.05, 3.63) is 58.3 Å². The van der Waals surface area contributed by atoms with Gasteiger partial charge in [-0.3, -0.25) is 10.1 Å². The van der Waals surface area contributed by atoms with Gasteiger partial charge in [-0.05, 0) is 36.6 Å². The molecule has 0 bridgehead atoms. The third-order valence-electron chi connectivity index (χ3n) is 4.46. The van der Waals surface area contributed by atoms with Crippen molar-refractivity contribution in [3.8, 4) is 5.75 Å². The summed E-state index contributed by atoms with van der Waals surface area (Å²) in [5.74, 6) is -0.199. The van der Waals surface area contributed by atoms with Crippen molar-refractivity contribution in [1.82, 2.24) is 4.98 Å². The van der Waals surface area contributed by atoms with Crippen molar-refractivity contribution in [2.75, 3.05) is 18.0 Å². The van der Waals surface area contributed by atoms with Gasteiger partial charge < -0.3 is 14.7 Å². The molecule has 1 saturated heterocycles. The summed E-state index contributed by atoms with van der Waals surface area (Å²) in [6.07, 6.45) is -3.02. The third kappa shape index (κ3) is 4.27. The largest absolute Gasteiger partial charge is 0.573 e. The summed E-state index contributed by atoms with van der Waals surface area (Å²) >= 11 is 0. The van der Waals surface area contributed by atoms with E-state index in [-0.39, 0.29) is 37.4 Å². The normalized spacial score (nSPS) is 16.8. The van der Waals surface area contributed by atoms with Gasteiger partial charge in [-0.1, -0.05) is 12.1 Å². The highest BCUT2D eigenvalue weighted by Gasteiger charge is 2.37. The Kier molecular flexibility index (Phi) is 4.92. The number of anilines is 1. The molecule has 0 spiro atoms. The quantitative estimate of drug-likeness (QED) is 0.643. The van der Waals surface area contributed by atoms with E-state index in [4.69, 9.17) is 0 Å². The van der Waals surface area contributed by atoms with E-state index in [0.717, 1.165) is 12.1 Å². The Hall–Kier alpha value is -2.88. The standard InChI is InChI=1S/C17H16F3N3O4/c18-17(19,20)27-13-4-1-3-12(11-13)16(24)6-9-22(10-7-16)15-14(23(25)26)5-2-8-21-15/h1-5,8,11,24H,6-7,9-10H2. The van der Waals surface area contributed by atoms with Crippen LogP contribution in [-0.4, -0.2) is 34.5 Å². The van der Waals surface area contributed by atoms with Crippen LogP contribution < -0.4 is 9.64 Å². The summed E-state index contributed by atoms with van der Waals surface area (Å²) in [4.78, 5) is 16.4. The minimum atomic E-state index is -4.82. The first-order chi connectivity index (χ1) is 12.7. The highest BCUT2D eigenvalue weighted by Crippen LogP contribution is 2.37. The Labute approximate surface area is 152 Å². The predicted octanol–water partition coefficient (Wildman–Crippen LogP) is 3.38. The molecule has 144 valence electrons. The van der Waals surface area contributed by atoms with Gasteiger partial charge in [-0.2, -0.15) is 0 Å². The fourth-order valence-corrected chi connectivity index (χ4v) is 3.13. The Morgan fingerprint density at radius 2 is 1.93 bits per heavy atom. The van der Waals surface area contributed by atoms with Crippen LogP contribution in [0.15, 0.2) is 42.6 Å². The highest BCUT2D eigenvalue weighted by atomic mass is 19.4. The molecule has 3 rings (SSSR count). The molecule has 1 aliphatic rings. The molecular weight excluding hydrogens is 367 g/mol. The monoisotopic (exact) mass is 383 g/mol. The predicted molar refractivity (Wildman–Crippen MR) is 89.4 cm³/mol. The number of hydrogen-bond donors (Lipinski definition) is 1. The molecule has 1 aromatic carbocycles. The van der Waals surface area contributed by atoms with Gasteiger partial charge in [-0.25, -0.2) is 4.98 Å². The first-order valence-corrected chi connectivity index (χ1v) is 8.11. The van der Waals surface area contributed by atoms with Crippen molar-refractivity contribution in [3.63, 3.8) is 0 Å². The van der Waals surface area contributed by atoms with E-state index < -0.39 is 22.6 Å². The smallest absolute Gasteiger partial charge is 0.406 e. The topological polar surface area (TPSA) is 88.7 Å². The van der Waals surface area contributed by atoms with Crippen LogP contribution in [0.1, 0.15) is 18.4 Å². The van der Waals surface area contributed by atoms with Gasteiger partial charge in [0.1, 0.15) is 5.75 Å². The van der Waals surface area contributed by atoms with E-state index in [9.17, 15) is 28.4 Å². The van der Waals surface area contributed by atoms with Crippen LogP contribution >= 0.6 is 0 Å². The van der Waals surface area contributed by atoms with E-state index in [1.54, 1.807) is 4.90 Å². The minimum Gasteiger partial charge on any atom is -0.406 e. The van der Waals surface area contributed by atoms with E-state index in [0.29, 0.717) is 5.56 Å². The molecule has 0 saturated carbocycles. The van der Waals surface area contributed by atoms with Gasteiger partial charge >= 0.3 is 12.0 Å². The lowest BCUT2D eigenvalue weighted by molar-refractivity contribution is -0.384. The number of pyridine rings is 1. The molecule has 2 heterocycles. The van der Waals surface area contributed by atoms with E-state index in [1.165, 1.54) is 30.5 Å². The molecular formula is C17H16F3N3O4. The van der Waals surface area contributed by atoms with Gasteiger partial charge in [0, 0.05) is 25.4 Å². The summed E-state index contributed by atoms with van der Waals surface area (Å²) in [5, 5.41) is 22.0. The van der Waals surface area contributed by atoms with Crippen molar-refractivity contribution < 1.29 is 27.9 Å². The summed E-state index contributed by atoms with van der Waals surface area (Å²) in [6, 6.07) is 8.04. The number of piperidine rings is 1. The van der Waals surface area contributed by atoms with Crippen molar-refractivity contribution in [2.45, 2.75) is 24.8 Å². The molecule has 1 aromatic heterocycles. The number of nitrogens with zero attached hydrogens (tertiary/aromatic N) is 3. The number of hydrogen-bond acceptors (Lipinski definition) is 6. The van der Waals surface area contributed by atoms with Gasteiger partial charge in [0.15, 0.2) is 0 Å². The van der Waals surface area contributed by atoms with Gasteiger partial charge in [0.25, 0.3) is 0 Å². The number of rotatable bonds is 4. The van der Waals surface area contributed by atoms with Gasteiger partial charge in [0.05, 0.1) is 10.5 Å². The first kappa shape index (κ1) is 18.9. The second-order valence-corrected chi connectivity index (χ2v) is 6.20. The maximum Gasteiger partial charge on any atom is 0.573 e. The molecule has 0 atom stereocenters. The zero-order valence-corrected chi connectivity index (χ0v) is 14.0. The molecule has 1 fully saturated rings. The summed E-state index contributed by atoms with van der Waals surface area (Å²) in [7, 11) is 0. The van der Waals surface area contributed by atoms with Crippen molar-refractivity contribution in [1.29, 1.82) is 0 Å². The van der Waals surface area contributed by atoms with Gasteiger partial charge in [0.2, 0.25) is 5.82 Å². The van der Waals surface area contributed by atoms with Crippen molar-refractivity contribution >= 4 is 11.5 Å². The summed E-state index contributed by atoms with van der Waals surface area (Å²) < 4.78 is 41.1. The average Bonchev–Trinajstić information content (AvgIpc) is 2.61. The number of alkyl halides is 3. The molecule has 0 aliphatic carbocycles. The molecule has 1 aliphatic heterocycles. The SMILES string of the molecule is O=[N+]([O-])c1cccnc1N1CCC(O)(c2cccc(OC(F)(F)F)c2)CC1. The van der Waals surface area contributed by atoms with E-state index >= 15 is 0 Å². The van der Waals surface area contributed by atoms with Crippen LogP contribution in [0.5, 0.6) is 5.75 Å². The summed E-state index contributed by atoms with van der Waals surface area (Å²) in [5.41, 5.74) is -1.19. The fourth-order valence-electron chi connectivity index (χ4n) is 3.13. The van der Waals surface area contributed by atoms with E-state index in [2.05, 4.69) is 9.72 Å². The Morgan fingerprint density at radius 1 is 1.22 bits per heavy atom. The highest BCUT2D eigenvalue weighted by molar-refractivity contribution is 5.57. The van der Waals surface area contributed by atoms with Crippen LogP contribution in [-0.2, 0) is 5.60 Å². The number of aliphatic hydroxyl groups is 1. The second-order valence-electron chi connectivity index (χ2n) is 6.20. The van der Waals surface area contributed by atoms with Crippen LogP contribution in [0.3, 0.4) is 0 Å². The third-order valence-corrected chi connectivity index (χ3v) is 4.46. The van der Waals surface area contributed by atoms with Crippen LogP contribution in [0, 0.1) is 10.1 Å². The molecule has 10 heteroatoms. The Morgan fingerprint density at radius 3 is 2.56 bits per heavy atom. The zero-order chi connectivity index (χ0) is 19.7. The summed E-state index contributed by atoms with van der Waals surface area (Å²) in [6.45, 7) is 0.525. The molecule has 0 radical (unpaired) electrons. The van der Waals surface area contributed by atoms with Crippen molar-refractivity contribution in [2.24, 2.45) is 0 Å². The number of benzene rings is 1. The molecule has 0 amide bonds. The van der Waals surface area contributed by atoms with E-state index in [1.807, 2.05) is 0 Å². The second kappa shape index (κ2) is 7.03. The molecule has 7 nitrogen and oxygen atoms in total. The maximum atomic E-state index is 12.4. The number of aromatic nitrogens is 1. The number of halogens is 3. The molecule has 27 heavy (non-hydrogen) atoms. The molecule has 0 unspecified atom stereocenters. The Balaban J connectivity index is 1.77. The Bertz CT molecular complexity index is 836. The minimum absolute atomic E-state index is 0.136. The average molecular weight is 383 g/mol. The maximum absolute atomic E-state index is 12.4. The first-order valence-electron chi connectivity index (χ1n) is 8.11. The van der Waals surface area contributed by atoms with Crippen LogP contribution in [0.25, 0.3) is 0 Å². The number of ether oxygens (including phenoxy) is 1. The lowest BCUT2D eigenvalue weighted by atomic mass is 9.84.